The van der Waals surface area contributed by atoms with Crippen molar-refractivity contribution >= 4 is 12.0 Å². The molecular weight excluding hydrogens is 270 g/mol. The van der Waals surface area contributed by atoms with E-state index in [1.807, 2.05) is 20.8 Å². The van der Waals surface area contributed by atoms with Crippen molar-refractivity contribution < 1.29 is 14.7 Å². The van der Waals surface area contributed by atoms with Crippen LogP contribution in [0.25, 0.3) is 0 Å². The molecule has 2 heterocycles. The van der Waals surface area contributed by atoms with E-state index >= 15 is 0 Å². The maximum Gasteiger partial charge on any atom is 0.317 e. The first-order valence-corrected chi connectivity index (χ1v) is 7.60. The fraction of sp³-hybridized carbons (Fsp3) is 0.867. The topological polar surface area (TPSA) is 72.9 Å². The van der Waals surface area contributed by atoms with Crippen molar-refractivity contribution in [2.75, 3.05) is 26.2 Å². The van der Waals surface area contributed by atoms with E-state index in [1.165, 1.54) is 0 Å². The molecule has 2 N–H and O–H groups in total. The molecule has 2 amide bonds. The number of nitrogens with one attached hydrogen (secondary N) is 1. The summed E-state index contributed by atoms with van der Waals surface area (Å²) >= 11 is 0. The van der Waals surface area contributed by atoms with Gasteiger partial charge in [-0.25, -0.2) is 4.79 Å². The van der Waals surface area contributed by atoms with E-state index in [9.17, 15) is 14.7 Å². The molecule has 2 rings (SSSR count). The maximum absolute atomic E-state index is 12.3. The third kappa shape index (κ3) is 3.00. The summed E-state index contributed by atoms with van der Waals surface area (Å²) in [5, 5.41) is 12.6. The van der Waals surface area contributed by atoms with Crippen LogP contribution in [0.5, 0.6) is 0 Å². The van der Waals surface area contributed by atoms with Gasteiger partial charge in [0.2, 0.25) is 0 Å². The van der Waals surface area contributed by atoms with E-state index in [-0.39, 0.29) is 17.5 Å². The number of amides is 2. The molecule has 2 aliphatic rings. The third-order valence-electron chi connectivity index (χ3n) is 4.56. The Hall–Kier alpha value is -1.30. The maximum atomic E-state index is 12.3. The minimum absolute atomic E-state index is 0.0168. The van der Waals surface area contributed by atoms with Crippen LogP contribution in [0.4, 0.5) is 4.79 Å². The molecule has 0 aromatic carbocycles. The molecule has 0 bridgehead atoms. The number of aliphatic carboxylic acids is 1. The Morgan fingerprint density at radius 3 is 2.29 bits per heavy atom. The Morgan fingerprint density at radius 1 is 1.24 bits per heavy atom. The molecule has 6 heteroatoms. The SMILES string of the molecule is CC(C)N1C[C@@H]2CN(C(=O)NC(C)(C)C)C[C@]2(C(=O)O)C1. The van der Waals surface area contributed by atoms with Gasteiger partial charge in [-0.1, -0.05) is 0 Å². The zero-order valence-corrected chi connectivity index (χ0v) is 13.6. The second-order valence-electron chi connectivity index (χ2n) is 7.74. The van der Waals surface area contributed by atoms with E-state index in [4.69, 9.17) is 0 Å². The molecule has 21 heavy (non-hydrogen) atoms. The number of carboxylic acids is 1. The Labute approximate surface area is 126 Å². The fourth-order valence-electron chi connectivity index (χ4n) is 3.35. The fourth-order valence-corrected chi connectivity index (χ4v) is 3.35. The zero-order chi connectivity index (χ0) is 16.0. The van der Waals surface area contributed by atoms with Crippen LogP contribution in [0, 0.1) is 11.3 Å². The van der Waals surface area contributed by atoms with Crippen molar-refractivity contribution in [3.8, 4) is 0 Å². The highest BCUT2D eigenvalue weighted by atomic mass is 16.4. The van der Waals surface area contributed by atoms with Crippen LogP contribution in [0.15, 0.2) is 0 Å². The predicted molar refractivity (Wildman–Crippen MR) is 80.1 cm³/mol. The lowest BCUT2D eigenvalue weighted by Gasteiger charge is -2.29. The number of carboxylic acid groups (broad SMARTS) is 1. The summed E-state index contributed by atoms with van der Waals surface area (Å²) in [6.45, 7) is 12.1. The molecule has 2 fully saturated rings. The third-order valence-corrected chi connectivity index (χ3v) is 4.56. The summed E-state index contributed by atoms with van der Waals surface area (Å²) in [7, 11) is 0. The van der Waals surface area contributed by atoms with E-state index in [0.29, 0.717) is 25.7 Å². The Balaban J connectivity index is 2.12. The lowest BCUT2D eigenvalue weighted by molar-refractivity contribution is -0.148. The minimum atomic E-state index is -0.806. The number of fused-ring (bicyclic) bond motifs is 1. The van der Waals surface area contributed by atoms with Crippen LogP contribution in [0.2, 0.25) is 0 Å². The van der Waals surface area contributed by atoms with Crippen molar-refractivity contribution in [1.29, 1.82) is 0 Å². The number of carbonyl (C=O) groups is 2. The first-order chi connectivity index (χ1) is 9.55. The van der Waals surface area contributed by atoms with Crippen LogP contribution in [-0.2, 0) is 4.79 Å². The van der Waals surface area contributed by atoms with Gasteiger partial charge in [0, 0.05) is 43.7 Å². The molecule has 0 aliphatic carbocycles. The number of hydrogen-bond donors (Lipinski definition) is 2. The molecule has 2 aliphatic heterocycles. The highest BCUT2D eigenvalue weighted by Gasteiger charge is 2.58. The van der Waals surface area contributed by atoms with Crippen molar-refractivity contribution in [3.63, 3.8) is 0 Å². The molecule has 6 nitrogen and oxygen atoms in total. The Bertz CT molecular complexity index is 444. The van der Waals surface area contributed by atoms with E-state index in [1.54, 1.807) is 4.90 Å². The van der Waals surface area contributed by atoms with E-state index in [2.05, 4.69) is 24.1 Å². The van der Waals surface area contributed by atoms with Gasteiger partial charge in [-0.3, -0.25) is 9.69 Å². The summed E-state index contributed by atoms with van der Waals surface area (Å²) in [4.78, 5) is 28.0. The molecule has 0 unspecified atom stereocenters. The van der Waals surface area contributed by atoms with Gasteiger partial charge in [-0.05, 0) is 34.6 Å². The summed E-state index contributed by atoms with van der Waals surface area (Å²) in [5.41, 5.74) is -1.12. The Morgan fingerprint density at radius 2 is 1.86 bits per heavy atom. The average Bonchev–Trinajstić information content (AvgIpc) is 2.79. The van der Waals surface area contributed by atoms with Gasteiger partial charge in [0.25, 0.3) is 0 Å². The van der Waals surface area contributed by atoms with Gasteiger partial charge in [-0.15, -0.1) is 0 Å². The first-order valence-electron chi connectivity index (χ1n) is 7.60. The van der Waals surface area contributed by atoms with Crippen molar-refractivity contribution in [2.45, 2.75) is 46.2 Å². The summed E-state index contributed by atoms with van der Waals surface area (Å²) in [5.74, 6) is -0.759. The standard InChI is InChI=1S/C15H27N3O3/c1-10(2)17-6-11-7-18(13(21)16-14(3,4)5)9-15(11,8-17)12(19)20/h10-11H,6-9H2,1-5H3,(H,16,21)(H,19,20)/t11-,15-/m1/s1. The molecule has 0 aromatic rings. The van der Waals surface area contributed by atoms with Gasteiger partial charge >= 0.3 is 12.0 Å². The quantitative estimate of drug-likeness (QED) is 0.804. The highest BCUT2D eigenvalue weighted by molar-refractivity contribution is 5.81. The lowest BCUT2D eigenvalue weighted by atomic mass is 9.81. The Kier molecular flexibility index (Phi) is 3.95. The summed E-state index contributed by atoms with van der Waals surface area (Å²) < 4.78 is 0. The van der Waals surface area contributed by atoms with Gasteiger partial charge in [0.05, 0.1) is 0 Å². The first kappa shape index (κ1) is 16.1. The van der Waals surface area contributed by atoms with Crippen LogP contribution in [-0.4, -0.2) is 64.7 Å². The minimum Gasteiger partial charge on any atom is -0.481 e. The highest BCUT2D eigenvalue weighted by Crippen LogP contribution is 2.43. The number of nitrogens with zero attached hydrogens (tertiary/aromatic N) is 2. The van der Waals surface area contributed by atoms with Gasteiger partial charge in [0.1, 0.15) is 5.41 Å². The zero-order valence-electron chi connectivity index (χ0n) is 13.6. The monoisotopic (exact) mass is 297 g/mol. The van der Waals surface area contributed by atoms with E-state index < -0.39 is 11.4 Å². The molecule has 120 valence electrons. The van der Waals surface area contributed by atoms with Gasteiger partial charge in [0.15, 0.2) is 0 Å². The summed E-state index contributed by atoms with van der Waals surface area (Å²) in [6, 6.07) is 0.178. The normalized spacial score (nSPS) is 29.8. The van der Waals surface area contributed by atoms with Crippen LogP contribution < -0.4 is 5.32 Å². The summed E-state index contributed by atoms with van der Waals surface area (Å²) in [6.07, 6.45) is 0. The smallest absolute Gasteiger partial charge is 0.317 e. The second-order valence-corrected chi connectivity index (χ2v) is 7.74. The van der Waals surface area contributed by atoms with Gasteiger partial charge < -0.3 is 15.3 Å². The number of rotatable bonds is 2. The predicted octanol–water partition coefficient (Wildman–Crippen LogP) is 1.22. The van der Waals surface area contributed by atoms with Crippen molar-refractivity contribution in [1.82, 2.24) is 15.1 Å². The van der Waals surface area contributed by atoms with Crippen LogP contribution in [0.3, 0.4) is 0 Å². The number of urea groups is 1. The van der Waals surface area contributed by atoms with Crippen LogP contribution in [0.1, 0.15) is 34.6 Å². The molecule has 0 radical (unpaired) electrons. The molecule has 0 spiro atoms. The van der Waals surface area contributed by atoms with E-state index in [0.717, 1.165) is 6.54 Å². The lowest BCUT2D eigenvalue weighted by Crippen LogP contribution is -2.50. The number of likely N-dealkylation sites (tertiary alicyclic amines) is 2. The largest absolute Gasteiger partial charge is 0.481 e. The molecule has 2 saturated heterocycles. The molecule has 0 aromatic heterocycles. The average molecular weight is 297 g/mol. The van der Waals surface area contributed by atoms with Crippen molar-refractivity contribution in [2.24, 2.45) is 11.3 Å². The molecule has 0 saturated carbocycles. The molecule has 2 atom stereocenters. The number of hydrogen-bond acceptors (Lipinski definition) is 3. The van der Waals surface area contributed by atoms with Crippen LogP contribution >= 0.6 is 0 Å². The molecular formula is C15H27N3O3. The number of carbonyl (C=O) groups excluding carboxylic acids is 1. The van der Waals surface area contributed by atoms with Crippen molar-refractivity contribution in [3.05, 3.63) is 0 Å². The second kappa shape index (κ2) is 5.16. The van der Waals surface area contributed by atoms with Gasteiger partial charge in [-0.2, -0.15) is 0 Å².